The van der Waals surface area contributed by atoms with Crippen molar-refractivity contribution < 1.29 is 24.0 Å². The summed E-state index contributed by atoms with van der Waals surface area (Å²) in [5.41, 5.74) is 1.39. The van der Waals surface area contributed by atoms with Gasteiger partial charge in [-0.2, -0.15) is 5.01 Å². The molecule has 1 heterocycles. The second kappa shape index (κ2) is 9.74. The molecule has 3 rings (SSSR count). The van der Waals surface area contributed by atoms with E-state index in [1.807, 2.05) is 0 Å². The number of benzene rings is 1. The average Bonchev–Trinajstić information content (AvgIpc) is 2.97. The van der Waals surface area contributed by atoms with Gasteiger partial charge in [-0.1, -0.05) is 30.1 Å². The van der Waals surface area contributed by atoms with Gasteiger partial charge in [-0.3, -0.25) is 24.6 Å². The Hall–Kier alpha value is -2.85. The second-order valence-corrected chi connectivity index (χ2v) is 8.80. The number of halogens is 2. The van der Waals surface area contributed by atoms with Crippen molar-refractivity contribution in [3.8, 4) is 0 Å². The van der Waals surface area contributed by atoms with Crippen molar-refractivity contribution in [3.05, 3.63) is 33.8 Å². The van der Waals surface area contributed by atoms with Gasteiger partial charge in [0.2, 0.25) is 5.91 Å². The summed E-state index contributed by atoms with van der Waals surface area (Å²) >= 11 is 11.7. The summed E-state index contributed by atoms with van der Waals surface area (Å²) in [4.78, 5) is 61.1. The van der Waals surface area contributed by atoms with Crippen molar-refractivity contribution in [1.82, 2.24) is 26.4 Å². The average molecular weight is 484 g/mol. The number of amides is 6. The highest BCUT2D eigenvalue weighted by molar-refractivity contribution is 6.36. The van der Waals surface area contributed by atoms with Gasteiger partial charge in [0.1, 0.15) is 5.54 Å². The van der Waals surface area contributed by atoms with Gasteiger partial charge in [-0.15, -0.1) is 0 Å². The lowest BCUT2D eigenvalue weighted by Gasteiger charge is -2.33. The molecule has 1 saturated heterocycles. The SMILES string of the molecule is CC1CCC2(CC1)NC(=O)N(NC(=O)CNC(=O)CNC(=O)c1ccc(Cl)cc1Cl)C2=O. The van der Waals surface area contributed by atoms with Gasteiger partial charge in [0, 0.05) is 5.02 Å². The van der Waals surface area contributed by atoms with Gasteiger partial charge in [0.25, 0.3) is 17.7 Å². The molecule has 0 radical (unpaired) electrons. The number of nitrogens with zero attached hydrogens (tertiary/aromatic N) is 1. The molecular formula is C20H23Cl2N5O5. The number of carbonyl (C=O) groups excluding carboxylic acids is 5. The summed E-state index contributed by atoms with van der Waals surface area (Å²) in [6.07, 6.45) is 2.63. The Bertz CT molecular complexity index is 962. The van der Waals surface area contributed by atoms with Crippen molar-refractivity contribution in [2.45, 2.75) is 38.1 Å². The van der Waals surface area contributed by atoms with Gasteiger partial charge in [-0.05, 0) is 49.8 Å². The van der Waals surface area contributed by atoms with E-state index in [0.29, 0.717) is 28.8 Å². The Balaban J connectivity index is 1.44. The molecule has 6 amide bonds. The molecule has 1 aromatic carbocycles. The molecule has 0 aromatic heterocycles. The van der Waals surface area contributed by atoms with Crippen LogP contribution in [0.4, 0.5) is 4.79 Å². The van der Waals surface area contributed by atoms with Crippen LogP contribution in [0, 0.1) is 5.92 Å². The van der Waals surface area contributed by atoms with Gasteiger partial charge in [0.15, 0.2) is 0 Å². The van der Waals surface area contributed by atoms with E-state index in [-0.39, 0.29) is 10.6 Å². The van der Waals surface area contributed by atoms with Gasteiger partial charge < -0.3 is 16.0 Å². The lowest BCUT2D eigenvalue weighted by Crippen LogP contribution is -2.53. The van der Waals surface area contributed by atoms with Crippen LogP contribution in [-0.4, -0.2) is 53.3 Å². The molecule has 4 N–H and O–H groups in total. The van der Waals surface area contributed by atoms with Crippen LogP contribution in [0.15, 0.2) is 18.2 Å². The first-order chi connectivity index (χ1) is 15.1. The summed E-state index contributed by atoms with van der Waals surface area (Å²) in [5, 5.41) is 8.52. The Morgan fingerprint density at radius 1 is 1.09 bits per heavy atom. The molecule has 1 saturated carbocycles. The highest BCUT2D eigenvalue weighted by Gasteiger charge is 2.52. The number of nitrogens with one attached hydrogen (secondary N) is 4. The van der Waals surface area contributed by atoms with Gasteiger partial charge in [0.05, 0.1) is 23.7 Å². The van der Waals surface area contributed by atoms with Crippen molar-refractivity contribution >= 4 is 52.9 Å². The lowest BCUT2D eigenvalue weighted by molar-refractivity contribution is -0.140. The predicted octanol–water partition coefficient (Wildman–Crippen LogP) is 1.37. The molecule has 32 heavy (non-hydrogen) atoms. The zero-order valence-electron chi connectivity index (χ0n) is 17.3. The van der Waals surface area contributed by atoms with Crippen molar-refractivity contribution in [2.75, 3.05) is 13.1 Å². The number of rotatable bonds is 6. The number of hydrogen-bond donors (Lipinski definition) is 4. The molecule has 1 spiro atoms. The standard InChI is InChI=1S/C20H23Cl2N5O5/c1-11-4-6-20(7-5-11)18(31)27(19(32)25-20)26-16(29)10-23-15(28)9-24-17(30)13-3-2-12(21)8-14(13)22/h2-3,8,11H,4-7,9-10H2,1H3,(H,23,28)(H,24,30)(H,25,32)(H,26,29). The van der Waals surface area contributed by atoms with Crippen LogP contribution in [0.25, 0.3) is 0 Å². The maximum Gasteiger partial charge on any atom is 0.344 e. The number of hydrogen-bond acceptors (Lipinski definition) is 5. The third kappa shape index (κ3) is 5.31. The molecule has 0 atom stereocenters. The molecular weight excluding hydrogens is 461 g/mol. The summed E-state index contributed by atoms with van der Waals surface area (Å²) in [6.45, 7) is 1.19. The monoisotopic (exact) mass is 483 g/mol. The van der Waals surface area contributed by atoms with E-state index < -0.39 is 48.3 Å². The van der Waals surface area contributed by atoms with E-state index in [1.54, 1.807) is 0 Å². The fourth-order valence-corrected chi connectivity index (χ4v) is 4.14. The van der Waals surface area contributed by atoms with Crippen LogP contribution in [0.2, 0.25) is 10.0 Å². The molecule has 10 nitrogen and oxygen atoms in total. The maximum atomic E-state index is 12.7. The van der Waals surface area contributed by atoms with Crippen molar-refractivity contribution in [2.24, 2.45) is 5.92 Å². The fourth-order valence-electron chi connectivity index (χ4n) is 3.65. The Kier molecular flexibility index (Phi) is 7.25. The fraction of sp³-hybridized carbons (Fsp3) is 0.450. The molecule has 1 aromatic rings. The van der Waals surface area contributed by atoms with Crippen LogP contribution in [0.3, 0.4) is 0 Å². The van der Waals surface area contributed by atoms with E-state index >= 15 is 0 Å². The highest BCUT2D eigenvalue weighted by atomic mass is 35.5. The normalized spacial score (nSPS) is 22.5. The number of carbonyl (C=O) groups is 5. The Labute approximate surface area is 194 Å². The minimum absolute atomic E-state index is 0.133. The number of imide groups is 1. The first kappa shape index (κ1) is 23.8. The molecule has 172 valence electrons. The largest absolute Gasteiger partial charge is 0.345 e. The third-order valence-electron chi connectivity index (χ3n) is 5.56. The van der Waals surface area contributed by atoms with E-state index in [9.17, 15) is 24.0 Å². The summed E-state index contributed by atoms with van der Waals surface area (Å²) in [7, 11) is 0. The molecule has 2 aliphatic rings. The van der Waals surface area contributed by atoms with E-state index in [1.165, 1.54) is 18.2 Å². The van der Waals surface area contributed by atoms with Crippen LogP contribution in [-0.2, 0) is 14.4 Å². The molecule has 1 aliphatic heterocycles. The Morgan fingerprint density at radius 3 is 2.41 bits per heavy atom. The van der Waals surface area contributed by atoms with Crippen molar-refractivity contribution in [3.63, 3.8) is 0 Å². The smallest absolute Gasteiger partial charge is 0.344 e. The predicted molar refractivity (Wildman–Crippen MR) is 116 cm³/mol. The van der Waals surface area contributed by atoms with E-state index in [4.69, 9.17) is 23.2 Å². The minimum Gasteiger partial charge on any atom is -0.345 e. The number of hydrazine groups is 1. The zero-order chi connectivity index (χ0) is 23.5. The van der Waals surface area contributed by atoms with E-state index in [2.05, 4.69) is 28.3 Å². The summed E-state index contributed by atoms with van der Waals surface area (Å²) in [5.74, 6) is -2.01. The Morgan fingerprint density at radius 2 is 1.75 bits per heavy atom. The van der Waals surface area contributed by atoms with Crippen LogP contribution in [0.1, 0.15) is 43.0 Å². The second-order valence-electron chi connectivity index (χ2n) is 7.95. The van der Waals surface area contributed by atoms with Crippen LogP contribution >= 0.6 is 23.2 Å². The van der Waals surface area contributed by atoms with Crippen LogP contribution < -0.4 is 21.4 Å². The van der Waals surface area contributed by atoms with Gasteiger partial charge in [-0.25, -0.2) is 4.79 Å². The molecule has 0 bridgehead atoms. The maximum absolute atomic E-state index is 12.7. The van der Waals surface area contributed by atoms with Crippen LogP contribution in [0.5, 0.6) is 0 Å². The summed E-state index contributed by atoms with van der Waals surface area (Å²) in [6, 6.07) is 3.61. The van der Waals surface area contributed by atoms with E-state index in [0.717, 1.165) is 12.8 Å². The third-order valence-corrected chi connectivity index (χ3v) is 6.11. The molecule has 2 fully saturated rings. The topological polar surface area (TPSA) is 137 Å². The lowest BCUT2D eigenvalue weighted by atomic mass is 9.77. The molecule has 1 aliphatic carbocycles. The first-order valence-corrected chi connectivity index (χ1v) is 10.8. The first-order valence-electron chi connectivity index (χ1n) is 10.1. The zero-order valence-corrected chi connectivity index (χ0v) is 18.8. The highest BCUT2D eigenvalue weighted by Crippen LogP contribution is 2.35. The molecule has 12 heteroatoms. The minimum atomic E-state index is -0.979. The van der Waals surface area contributed by atoms with Crippen molar-refractivity contribution in [1.29, 1.82) is 0 Å². The quantitative estimate of drug-likeness (QED) is 0.452. The van der Waals surface area contributed by atoms with Gasteiger partial charge >= 0.3 is 6.03 Å². The molecule has 0 unspecified atom stereocenters. The summed E-state index contributed by atoms with van der Waals surface area (Å²) < 4.78 is 0. The number of urea groups is 1.